The molecule has 0 spiro atoms. The number of ether oxygens (including phenoxy) is 1. The van der Waals surface area contributed by atoms with Gasteiger partial charge < -0.3 is 15.2 Å². The monoisotopic (exact) mass is 381 g/mol. The molecule has 0 radical (unpaired) electrons. The predicted octanol–water partition coefficient (Wildman–Crippen LogP) is 3.36. The number of nitrogens with one attached hydrogen (secondary N) is 1. The van der Waals surface area contributed by atoms with Crippen molar-refractivity contribution < 1.29 is 36.2 Å². The summed E-state index contributed by atoms with van der Waals surface area (Å²) >= 11 is 2.87. The van der Waals surface area contributed by atoms with E-state index in [-0.39, 0.29) is 11.0 Å². The number of hydrogen-bond donors (Lipinski definition) is 2. The fourth-order valence-corrected chi connectivity index (χ4v) is 1.84. The molecule has 21 heavy (non-hydrogen) atoms. The summed E-state index contributed by atoms with van der Waals surface area (Å²) < 4.78 is 75.9. The maximum atomic E-state index is 12.0. The summed E-state index contributed by atoms with van der Waals surface area (Å²) in [5.41, 5.74) is 0.422. The molecule has 1 aromatic rings. The molecule has 1 unspecified atom stereocenters. The van der Waals surface area contributed by atoms with Crippen molar-refractivity contribution in [3.63, 3.8) is 0 Å². The van der Waals surface area contributed by atoms with E-state index in [0.717, 1.165) is 6.07 Å². The lowest BCUT2D eigenvalue weighted by Gasteiger charge is -2.15. The van der Waals surface area contributed by atoms with Crippen molar-refractivity contribution in [1.82, 2.24) is 5.32 Å². The Hall–Kier alpha value is -1.00. The van der Waals surface area contributed by atoms with Crippen LogP contribution in [0.15, 0.2) is 22.7 Å². The molecular weight excluding hydrogens is 372 g/mol. The second kappa shape index (κ2) is 6.84. The van der Waals surface area contributed by atoms with Gasteiger partial charge >= 0.3 is 12.5 Å². The van der Waals surface area contributed by atoms with Gasteiger partial charge in [0.2, 0.25) is 0 Å². The van der Waals surface area contributed by atoms with Crippen LogP contribution >= 0.6 is 15.9 Å². The van der Waals surface area contributed by atoms with Crippen LogP contribution in [-0.4, -0.2) is 30.3 Å². The van der Waals surface area contributed by atoms with Crippen molar-refractivity contribution in [1.29, 1.82) is 0 Å². The third-order valence-electron chi connectivity index (χ3n) is 2.27. The Morgan fingerprint density at radius 1 is 1.19 bits per heavy atom. The second-order valence-electron chi connectivity index (χ2n) is 4.00. The SMILES string of the molecule is OC(CNCc1ccc(OC(F)(F)F)c(Br)c1)C(F)(F)F. The molecule has 0 fully saturated rings. The quantitative estimate of drug-likeness (QED) is 0.768. The van der Waals surface area contributed by atoms with Gasteiger partial charge in [-0.2, -0.15) is 13.2 Å². The maximum absolute atomic E-state index is 12.0. The molecule has 10 heteroatoms. The summed E-state index contributed by atoms with van der Waals surface area (Å²) in [5, 5.41) is 11.1. The zero-order valence-corrected chi connectivity index (χ0v) is 11.8. The minimum atomic E-state index is -4.83. The largest absolute Gasteiger partial charge is 0.573 e. The van der Waals surface area contributed by atoms with Crippen LogP contribution in [0.25, 0.3) is 0 Å². The number of hydrogen-bond acceptors (Lipinski definition) is 3. The van der Waals surface area contributed by atoms with Crippen molar-refractivity contribution in [2.45, 2.75) is 25.2 Å². The van der Waals surface area contributed by atoms with E-state index in [4.69, 9.17) is 5.11 Å². The number of halogens is 7. The Balaban J connectivity index is 2.57. The van der Waals surface area contributed by atoms with Crippen LogP contribution in [-0.2, 0) is 6.54 Å². The molecule has 1 atom stereocenters. The van der Waals surface area contributed by atoms with E-state index in [1.54, 1.807) is 0 Å². The van der Waals surface area contributed by atoms with Crippen molar-refractivity contribution >= 4 is 15.9 Å². The molecule has 0 aliphatic heterocycles. The summed E-state index contributed by atoms with van der Waals surface area (Å²) in [4.78, 5) is 0. The van der Waals surface area contributed by atoms with Crippen molar-refractivity contribution in [2.24, 2.45) is 0 Å². The minimum absolute atomic E-state index is 0.00972. The molecule has 0 saturated heterocycles. The molecule has 0 aliphatic carbocycles. The zero-order valence-electron chi connectivity index (χ0n) is 10.2. The lowest BCUT2D eigenvalue weighted by molar-refractivity contribution is -0.274. The molecular formula is C11H10BrF6NO2. The first-order chi connectivity index (χ1) is 9.49. The predicted molar refractivity (Wildman–Crippen MR) is 64.6 cm³/mol. The highest BCUT2D eigenvalue weighted by molar-refractivity contribution is 9.10. The normalized spacial score (nSPS) is 14.1. The molecule has 0 bridgehead atoms. The van der Waals surface area contributed by atoms with Gasteiger partial charge in [0.1, 0.15) is 5.75 Å². The molecule has 0 saturated carbocycles. The van der Waals surface area contributed by atoms with E-state index in [2.05, 4.69) is 26.0 Å². The first kappa shape index (κ1) is 18.1. The summed E-state index contributed by atoms with van der Waals surface area (Å²) in [6.07, 6.45) is -12.1. The second-order valence-corrected chi connectivity index (χ2v) is 4.86. The molecule has 2 N–H and O–H groups in total. The number of rotatable bonds is 5. The number of aliphatic hydroxyl groups excluding tert-OH is 1. The van der Waals surface area contributed by atoms with Crippen LogP contribution in [0.2, 0.25) is 0 Å². The van der Waals surface area contributed by atoms with Gasteiger partial charge in [-0.25, -0.2) is 0 Å². The lowest BCUT2D eigenvalue weighted by atomic mass is 10.2. The number of benzene rings is 1. The van der Waals surface area contributed by atoms with Crippen LogP contribution in [0, 0.1) is 0 Å². The van der Waals surface area contributed by atoms with E-state index in [1.807, 2.05) is 0 Å². The Labute approximate surface area is 124 Å². The van der Waals surface area contributed by atoms with E-state index in [0.29, 0.717) is 5.56 Å². The Bertz CT molecular complexity index is 477. The fourth-order valence-electron chi connectivity index (χ4n) is 1.33. The van der Waals surface area contributed by atoms with Crippen LogP contribution in [0.1, 0.15) is 5.56 Å². The van der Waals surface area contributed by atoms with Gasteiger partial charge in [0.15, 0.2) is 6.10 Å². The van der Waals surface area contributed by atoms with Crippen LogP contribution in [0.3, 0.4) is 0 Å². The van der Waals surface area contributed by atoms with E-state index in [1.165, 1.54) is 12.1 Å². The summed E-state index contributed by atoms with van der Waals surface area (Å²) in [6.45, 7) is -0.778. The topological polar surface area (TPSA) is 41.5 Å². The summed E-state index contributed by atoms with van der Waals surface area (Å²) in [6, 6.07) is 3.57. The van der Waals surface area contributed by atoms with Crippen LogP contribution in [0.5, 0.6) is 5.75 Å². The molecule has 1 rings (SSSR count). The van der Waals surface area contributed by atoms with Gasteiger partial charge in [-0.1, -0.05) is 6.07 Å². The molecule has 0 aromatic heterocycles. The van der Waals surface area contributed by atoms with E-state index < -0.39 is 30.9 Å². The first-order valence-electron chi connectivity index (χ1n) is 5.48. The molecule has 3 nitrogen and oxygen atoms in total. The smallest absolute Gasteiger partial charge is 0.405 e. The molecule has 0 heterocycles. The van der Waals surface area contributed by atoms with Crippen LogP contribution in [0.4, 0.5) is 26.3 Å². The zero-order chi connectivity index (χ0) is 16.3. The number of alkyl halides is 6. The highest BCUT2D eigenvalue weighted by Gasteiger charge is 2.37. The summed E-state index contributed by atoms with van der Waals surface area (Å²) in [5.74, 6) is -0.457. The first-order valence-corrected chi connectivity index (χ1v) is 6.28. The standard InChI is InChI=1S/C11H10BrF6NO2/c12-7-3-6(1-2-8(7)21-11(16,17)18)4-19-5-9(20)10(13,14)15/h1-3,9,19-20H,4-5H2. The average molecular weight is 382 g/mol. The van der Waals surface area contributed by atoms with Crippen molar-refractivity contribution in [3.8, 4) is 5.75 Å². The van der Waals surface area contributed by atoms with Crippen molar-refractivity contribution in [2.75, 3.05) is 6.54 Å². The fraction of sp³-hybridized carbons (Fsp3) is 0.455. The third-order valence-corrected chi connectivity index (χ3v) is 2.89. The molecule has 1 aromatic carbocycles. The minimum Gasteiger partial charge on any atom is -0.405 e. The average Bonchev–Trinajstić information content (AvgIpc) is 2.29. The van der Waals surface area contributed by atoms with Gasteiger partial charge in [0, 0.05) is 13.1 Å². The highest BCUT2D eigenvalue weighted by Crippen LogP contribution is 2.31. The van der Waals surface area contributed by atoms with E-state index in [9.17, 15) is 26.3 Å². The van der Waals surface area contributed by atoms with Crippen LogP contribution < -0.4 is 10.1 Å². The van der Waals surface area contributed by atoms with Gasteiger partial charge in [-0.3, -0.25) is 0 Å². The van der Waals surface area contributed by atoms with Gasteiger partial charge in [0.25, 0.3) is 0 Å². The third kappa shape index (κ3) is 6.53. The van der Waals surface area contributed by atoms with Gasteiger partial charge in [0.05, 0.1) is 4.47 Å². The Morgan fingerprint density at radius 3 is 2.29 bits per heavy atom. The summed E-state index contributed by atoms with van der Waals surface area (Å²) in [7, 11) is 0. The molecule has 0 aliphatic rings. The van der Waals surface area contributed by atoms with E-state index >= 15 is 0 Å². The highest BCUT2D eigenvalue weighted by atomic mass is 79.9. The maximum Gasteiger partial charge on any atom is 0.573 e. The van der Waals surface area contributed by atoms with Gasteiger partial charge in [-0.15, -0.1) is 13.2 Å². The van der Waals surface area contributed by atoms with Crippen molar-refractivity contribution in [3.05, 3.63) is 28.2 Å². The molecule has 0 amide bonds. The Kier molecular flexibility index (Phi) is 5.88. The lowest BCUT2D eigenvalue weighted by Crippen LogP contribution is -2.38. The van der Waals surface area contributed by atoms with Gasteiger partial charge in [-0.05, 0) is 33.6 Å². The Morgan fingerprint density at radius 2 is 1.81 bits per heavy atom. The molecule has 120 valence electrons. The number of aliphatic hydroxyl groups is 1.